The zero-order chi connectivity index (χ0) is 14.5. The first-order valence-electron chi connectivity index (χ1n) is 6.83. The van der Waals surface area contributed by atoms with Crippen LogP contribution < -0.4 is 0 Å². The Balaban J connectivity index is 1.75. The first kappa shape index (κ1) is 15.0. The fraction of sp³-hybridized carbons (Fsp3) is 0.692. The number of rotatable bonds is 6. The Hall–Kier alpha value is -1.44. The number of hydrogen-bond acceptors (Lipinski definition) is 6. The molecule has 0 radical (unpaired) electrons. The number of carboxylic acids is 1. The maximum absolute atomic E-state index is 10.7. The molecule has 0 saturated carbocycles. The van der Waals surface area contributed by atoms with Crippen LogP contribution in [0, 0.1) is 0 Å². The highest BCUT2D eigenvalue weighted by atomic mass is 16.5. The van der Waals surface area contributed by atoms with Crippen LogP contribution in [-0.2, 0) is 6.54 Å². The number of likely N-dealkylation sites (N-methyl/N-ethyl adjacent to an activating group) is 1. The third-order valence-corrected chi connectivity index (χ3v) is 3.49. The Morgan fingerprint density at radius 2 is 2.00 bits per heavy atom. The average Bonchev–Trinajstić information content (AvgIpc) is 2.86. The highest BCUT2D eigenvalue weighted by molar-refractivity contribution is 5.85. The molecule has 1 aliphatic heterocycles. The molecule has 20 heavy (non-hydrogen) atoms. The predicted octanol–water partition coefficient (Wildman–Crippen LogP) is 0.0520. The van der Waals surface area contributed by atoms with Crippen LogP contribution in [0.15, 0.2) is 10.6 Å². The van der Waals surface area contributed by atoms with Gasteiger partial charge >= 0.3 is 5.97 Å². The monoisotopic (exact) mass is 282 g/mol. The molecular weight excluding hydrogens is 260 g/mol. The second kappa shape index (κ2) is 6.83. The van der Waals surface area contributed by atoms with Gasteiger partial charge in [-0.2, -0.15) is 0 Å². The second-order valence-corrected chi connectivity index (χ2v) is 5.40. The van der Waals surface area contributed by atoms with Gasteiger partial charge in [-0.3, -0.25) is 9.80 Å². The van der Waals surface area contributed by atoms with Gasteiger partial charge in [-0.15, -0.1) is 0 Å². The molecule has 1 N–H and O–H groups in total. The number of aromatic nitrogens is 1. The molecule has 0 unspecified atom stereocenters. The van der Waals surface area contributed by atoms with E-state index in [1.165, 1.54) is 6.07 Å². The molecule has 2 heterocycles. The van der Waals surface area contributed by atoms with Crippen LogP contribution in [0.4, 0.5) is 0 Å². The van der Waals surface area contributed by atoms with E-state index in [-0.39, 0.29) is 5.69 Å². The summed E-state index contributed by atoms with van der Waals surface area (Å²) in [7, 11) is 4.17. The van der Waals surface area contributed by atoms with Crippen molar-refractivity contribution < 1.29 is 14.4 Å². The van der Waals surface area contributed by atoms with Crippen LogP contribution in [0.1, 0.15) is 16.2 Å². The van der Waals surface area contributed by atoms with Crippen molar-refractivity contribution in [2.45, 2.75) is 6.54 Å². The molecule has 2 rings (SSSR count). The molecular formula is C13H22N4O3. The lowest BCUT2D eigenvalue weighted by Crippen LogP contribution is -2.47. The van der Waals surface area contributed by atoms with Gasteiger partial charge in [0.25, 0.3) is 0 Å². The van der Waals surface area contributed by atoms with Crippen molar-refractivity contribution in [3.63, 3.8) is 0 Å². The van der Waals surface area contributed by atoms with E-state index in [4.69, 9.17) is 9.63 Å². The number of hydrogen-bond donors (Lipinski definition) is 1. The Kier molecular flexibility index (Phi) is 5.11. The summed E-state index contributed by atoms with van der Waals surface area (Å²) < 4.78 is 5.04. The summed E-state index contributed by atoms with van der Waals surface area (Å²) in [5.41, 5.74) is -0.0235. The van der Waals surface area contributed by atoms with Gasteiger partial charge in [0.15, 0.2) is 11.5 Å². The van der Waals surface area contributed by atoms with E-state index in [9.17, 15) is 4.79 Å². The smallest absolute Gasteiger partial charge is 0.358 e. The number of piperazine rings is 1. The number of nitrogens with zero attached hydrogens (tertiary/aromatic N) is 4. The van der Waals surface area contributed by atoms with Crippen LogP contribution in [0.2, 0.25) is 0 Å². The Morgan fingerprint density at radius 3 is 2.55 bits per heavy atom. The molecule has 1 saturated heterocycles. The van der Waals surface area contributed by atoms with Crippen molar-refractivity contribution in [1.82, 2.24) is 19.9 Å². The van der Waals surface area contributed by atoms with Gasteiger partial charge in [0.2, 0.25) is 0 Å². The summed E-state index contributed by atoms with van der Waals surface area (Å²) in [5.74, 6) is -0.433. The second-order valence-electron chi connectivity index (χ2n) is 5.40. The van der Waals surface area contributed by atoms with Crippen molar-refractivity contribution in [2.75, 3.05) is 53.4 Å². The molecule has 7 heteroatoms. The molecule has 0 aromatic carbocycles. The van der Waals surface area contributed by atoms with E-state index in [0.717, 1.165) is 39.3 Å². The lowest BCUT2D eigenvalue weighted by atomic mass is 10.3. The summed E-state index contributed by atoms with van der Waals surface area (Å²) in [6, 6.07) is 1.50. The van der Waals surface area contributed by atoms with Gasteiger partial charge in [-0.25, -0.2) is 4.79 Å². The lowest BCUT2D eigenvalue weighted by Gasteiger charge is -2.34. The maximum Gasteiger partial charge on any atom is 0.358 e. The van der Waals surface area contributed by atoms with Crippen molar-refractivity contribution >= 4 is 5.97 Å². The summed E-state index contributed by atoms with van der Waals surface area (Å²) in [6.07, 6.45) is 0. The van der Waals surface area contributed by atoms with Gasteiger partial charge in [0.05, 0.1) is 6.54 Å². The van der Waals surface area contributed by atoms with Crippen LogP contribution in [0.3, 0.4) is 0 Å². The standard InChI is InChI=1S/C13H22N4O3/c1-15(2)3-4-16-5-7-17(8-6-16)10-11-9-12(13(18)19)14-20-11/h9H,3-8,10H2,1-2H3,(H,18,19). The minimum Gasteiger partial charge on any atom is -0.476 e. The summed E-state index contributed by atoms with van der Waals surface area (Å²) in [5, 5.41) is 12.3. The summed E-state index contributed by atoms with van der Waals surface area (Å²) in [6.45, 7) is 6.80. The molecule has 112 valence electrons. The molecule has 1 aromatic rings. The quantitative estimate of drug-likeness (QED) is 0.790. The van der Waals surface area contributed by atoms with Crippen molar-refractivity contribution in [2.24, 2.45) is 0 Å². The molecule has 1 fully saturated rings. The number of carbonyl (C=O) groups is 1. The zero-order valence-corrected chi connectivity index (χ0v) is 12.1. The number of aromatic carboxylic acids is 1. The normalized spacial score (nSPS) is 17.8. The molecule has 1 aromatic heterocycles. The van der Waals surface area contributed by atoms with Crippen LogP contribution in [0.5, 0.6) is 0 Å². The van der Waals surface area contributed by atoms with E-state index in [2.05, 4.69) is 34.0 Å². The SMILES string of the molecule is CN(C)CCN1CCN(Cc2cc(C(=O)O)no2)CC1. The third kappa shape index (κ3) is 4.29. The topological polar surface area (TPSA) is 73.0 Å². The van der Waals surface area contributed by atoms with Crippen LogP contribution in [0.25, 0.3) is 0 Å². The maximum atomic E-state index is 10.7. The largest absolute Gasteiger partial charge is 0.476 e. The summed E-state index contributed by atoms with van der Waals surface area (Å²) >= 11 is 0. The Bertz CT molecular complexity index is 439. The molecule has 7 nitrogen and oxygen atoms in total. The van der Waals surface area contributed by atoms with Gasteiger partial charge in [0.1, 0.15) is 0 Å². The van der Waals surface area contributed by atoms with Gasteiger partial charge in [-0.1, -0.05) is 5.16 Å². The molecule has 1 aliphatic rings. The first-order chi connectivity index (χ1) is 9.54. The van der Waals surface area contributed by atoms with E-state index < -0.39 is 5.97 Å². The minimum absolute atomic E-state index is 0.0235. The van der Waals surface area contributed by atoms with Gasteiger partial charge in [-0.05, 0) is 14.1 Å². The van der Waals surface area contributed by atoms with Crippen LogP contribution >= 0.6 is 0 Å². The highest BCUT2D eigenvalue weighted by Crippen LogP contribution is 2.10. The fourth-order valence-corrected chi connectivity index (χ4v) is 2.22. The van der Waals surface area contributed by atoms with Crippen LogP contribution in [-0.4, -0.2) is 84.3 Å². The molecule has 0 bridgehead atoms. The first-order valence-corrected chi connectivity index (χ1v) is 6.83. The predicted molar refractivity (Wildman–Crippen MR) is 73.7 cm³/mol. The molecule has 0 atom stereocenters. The Morgan fingerprint density at radius 1 is 1.35 bits per heavy atom. The zero-order valence-electron chi connectivity index (χ0n) is 12.1. The summed E-state index contributed by atoms with van der Waals surface area (Å²) in [4.78, 5) is 17.6. The van der Waals surface area contributed by atoms with E-state index in [1.54, 1.807) is 0 Å². The molecule has 0 spiro atoms. The van der Waals surface area contributed by atoms with Crippen molar-refractivity contribution in [3.8, 4) is 0 Å². The van der Waals surface area contributed by atoms with E-state index >= 15 is 0 Å². The molecule has 0 amide bonds. The van der Waals surface area contributed by atoms with Crippen molar-refractivity contribution in [3.05, 3.63) is 17.5 Å². The van der Waals surface area contributed by atoms with E-state index in [0.29, 0.717) is 12.3 Å². The average molecular weight is 282 g/mol. The van der Waals surface area contributed by atoms with E-state index in [1.807, 2.05) is 0 Å². The minimum atomic E-state index is -1.05. The molecule has 0 aliphatic carbocycles. The van der Waals surface area contributed by atoms with Gasteiger partial charge in [0, 0.05) is 45.3 Å². The fourth-order valence-electron chi connectivity index (χ4n) is 2.22. The highest BCUT2D eigenvalue weighted by Gasteiger charge is 2.19. The lowest BCUT2D eigenvalue weighted by molar-refractivity contribution is 0.0685. The number of carboxylic acid groups (broad SMARTS) is 1. The third-order valence-electron chi connectivity index (χ3n) is 3.49. The van der Waals surface area contributed by atoms with Crippen molar-refractivity contribution in [1.29, 1.82) is 0 Å². The van der Waals surface area contributed by atoms with Gasteiger partial charge < -0.3 is 14.5 Å². The Labute approximate surface area is 118 Å².